The highest BCUT2D eigenvalue weighted by Crippen LogP contribution is 2.25. The van der Waals surface area contributed by atoms with E-state index in [1.807, 2.05) is 0 Å². The Hall–Kier alpha value is -0.640. The zero-order valence-electron chi connectivity index (χ0n) is 6.17. The van der Waals surface area contributed by atoms with Gasteiger partial charge in [0, 0.05) is 19.7 Å². The fraction of sp³-hybridized carbons (Fsp3) is 0.500. The first-order valence-corrected chi connectivity index (χ1v) is 4.05. The van der Waals surface area contributed by atoms with Gasteiger partial charge in [-0.15, -0.1) is 0 Å². The van der Waals surface area contributed by atoms with Crippen LogP contribution in [0.15, 0.2) is 10.6 Å². The Morgan fingerprint density at radius 1 is 1.40 bits per heavy atom. The molecule has 0 fully saturated rings. The van der Waals surface area contributed by atoms with Crippen LogP contribution in [-0.4, -0.2) is 28.3 Å². The van der Waals surface area contributed by atoms with Crippen LogP contribution in [0.25, 0.3) is 0 Å². The number of hydrogen-bond donors (Lipinski definition) is 0. The van der Waals surface area contributed by atoms with Crippen molar-refractivity contribution in [1.82, 2.24) is 4.90 Å². The van der Waals surface area contributed by atoms with E-state index in [1.54, 1.807) is 25.9 Å². The molecular weight excluding hydrogens is 150 g/mol. The lowest BCUT2D eigenvalue weighted by molar-refractivity contribution is -0.108. The highest BCUT2D eigenvalue weighted by atomic mass is 32.2. The quantitative estimate of drug-likeness (QED) is 0.543. The molecule has 1 atom stereocenters. The number of carbonyl (C=O) groups is 1. The molecule has 0 bridgehead atoms. The summed E-state index contributed by atoms with van der Waals surface area (Å²) >= 11 is 0. The molecule has 0 aliphatic carbocycles. The SMILES string of the molecule is CC1=C(N(C)C)S(=O)C1=O. The van der Waals surface area contributed by atoms with Crippen LogP contribution in [0.5, 0.6) is 0 Å². The van der Waals surface area contributed by atoms with E-state index < -0.39 is 10.8 Å². The van der Waals surface area contributed by atoms with Gasteiger partial charge < -0.3 is 4.90 Å². The van der Waals surface area contributed by atoms with Gasteiger partial charge in [0.05, 0.1) is 0 Å². The number of hydrogen-bond acceptors (Lipinski definition) is 3. The van der Waals surface area contributed by atoms with Crippen molar-refractivity contribution in [3.8, 4) is 0 Å². The predicted molar refractivity (Wildman–Crippen MR) is 39.5 cm³/mol. The van der Waals surface area contributed by atoms with Gasteiger partial charge >= 0.3 is 0 Å². The molecule has 0 amide bonds. The lowest BCUT2D eigenvalue weighted by Gasteiger charge is -2.24. The molecule has 0 spiro atoms. The van der Waals surface area contributed by atoms with Gasteiger partial charge in [0.25, 0.3) is 5.12 Å². The maximum Gasteiger partial charge on any atom is 0.253 e. The minimum Gasteiger partial charge on any atom is -0.370 e. The zero-order chi connectivity index (χ0) is 7.89. The molecular formula is C6H9NO2S. The second kappa shape index (κ2) is 2.20. The number of carbonyl (C=O) groups excluding carboxylic acids is 1. The summed E-state index contributed by atoms with van der Waals surface area (Å²) in [6.45, 7) is 1.69. The van der Waals surface area contributed by atoms with Crippen LogP contribution in [0.2, 0.25) is 0 Å². The highest BCUT2D eigenvalue weighted by Gasteiger charge is 2.34. The van der Waals surface area contributed by atoms with Crippen molar-refractivity contribution in [2.24, 2.45) is 0 Å². The van der Waals surface area contributed by atoms with Crippen molar-refractivity contribution in [3.63, 3.8) is 0 Å². The molecule has 56 valence electrons. The molecule has 0 saturated heterocycles. The Labute approximate surface area is 62.2 Å². The minimum atomic E-state index is -1.37. The summed E-state index contributed by atoms with van der Waals surface area (Å²) in [5.41, 5.74) is 0.628. The van der Waals surface area contributed by atoms with Gasteiger partial charge in [-0.25, -0.2) is 4.21 Å². The van der Waals surface area contributed by atoms with Gasteiger partial charge in [-0.05, 0) is 6.92 Å². The fourth-order valence-electron chi connectivity index (χ4n) is 0.908. The summed E-state index contributed by atoms with van der Waals surface area (Å²) in [6.07, 6.45) is 0. The Bertz CT molecular complexity index is 242. The van der Waals surface area contributed by atoms with Crippen LogP contribution in [0.4, 0.5) is 0 Å². The van der Waals surface area contributed by atoms with Gasteiger partial charge in [-0.3, -0.25) is 4.79 Å². The molecule has 0 saturated carbocycles. The van der Waals surface area contributed by atoms with E-state index in [9.17, 15) is 9.00 Å². The third-order valence-electron chi connectivity index (χ3n) is 1.38. The summed E-state index contributed by atoms with van der Waals surface area (Å²) in [5, 5.41) is 0.425. The summed E-state index contributed by atoms with van der Waals surface area (Å²) < 4.78 is 10.9. The lowest BCUT2D eigenvalue weighted by Crippen LogP contribution is -2.32. The van der Waals surface area contributed by atoms with E-state index >= 15 is 0 Å². The predicted octanol–water partition coefficient (Wildman–Crippen LogP) is 0.0684. The number of rotatable bonds is 1. The normalized spacial score (nSPS) is 24.7. The maximum atomic E-state index is 10.9. The first-order valence-electron chi connectivity index (χ1n) is 2.90. The molecule has 0 aromatic rings. The maximum absolute atomic E-state index is 10.9. The van der Waals surface area contributed by atoms with Crippen LogP contribution in [0, 0.1) is 0 Å². The van der Waals surface area contributed by atoms with Crippen LogP contribution in [0.1, 0.15) is 6.92 Å². The Morgan fingerprint density at radius 3 is 2.10 bits per heavy atom. The van der Waals surface area contributed by atoms with Crippen molar-refractivity contribution in [2.45, 2.75) is 6.92 Å². The van der Waals surface area contributed by atoms with E-state index in [0.717, 1.165) is 0 Å². The standard InChI is InChI=1S/C6H9NO2S/c1-4-5(7(2)3)10(9)6(4)8/h1-3H3. The molecule has 0 aromatic heterocycles. The van der Waals surface area contributed by atoms with Crippen LogP contribution >= 0.6 is 0 Å². The van der Waals surface area contributed by atoms with E-state index in [2.05, 4.69) is 0 Å². The molecule has 1 heterocycles. The molecule has 10 heavy (non-hydrogen) atoms. The largest absolute Gasteiger partial charge is 0.370 e. The van der Waals surface area contributed by atoms with Crippen molar-refractivity contribution in [3.05, 3.63) is 10.6 Å². The summed E-state index contributed by atoms with van der Waals surface area (Å²) in [7, 11) is 2.19. The molecule has 1 aliphatic heterocycles. The molecule has 3 nitrogen and oxygen atoms in total. The van der Waals surface area contributed by atoms with Crippen molar-refractivity contribution >= 4 is 15.9 Å². The highest BCUT2D eigenvalue weighted by molar-refractivity contribution is 8.06. The second-order valence-electron chi connectivity index (χ2n) is 2.38. The molecule has 0 N–H and O–H groups in total. The van der Waals surface area contributed by atoms with Crippen LogP contribution < -0.4 is 0 Å². The third kappa shape index (κ3) is 0.794. The van der Waals surface area contributed by atoms with Gasteiger partial charge in [0.2, 0.25) is 0 Å². The van der Waals surface area contributed by atoms with Crippen LogP contribution in [0.3, 0.4) is 0 Å². The molecule has 1 rings (SSSR count). The van der Waals surface area contributed by atoms with Gasteiger partial charge in [0.1, 0.15) is 15.8 Å². The first kappa shape index (κ1) is 7.47. The second-order valence-corrected chi connectivity index (χ2v) is 3.68. The van der Waals surface area contributed by atoms with Crippen molar-refractivity contribution in [1.29, 1.82) is 0 Å². The third-order valence-corrected chi connectivity index (χ3v) is 3.04. The summed E-state index contributed by atoms with van der Waals surface area (Å²) in [5.74, 6) is 0. The Balaban J connectivity index is 3.00. The minimum absolute atomic E-state index is 0.233. The zero-order valence-corrected chi connectivity index (χ0v) is 6.99. The van der Waals surface area contributed by atoms with E-state index in [4.69, 9.17) is 0 Å². The molecule has 4 heteroatoms. The van der Waals surface area contributed by atoms with E-state index in [0.29, 0.717) is 10.6 Å². The average molecular weight is 159 g/mol. The lowest BCUT2D eigenvalue weighted by atomic mass is 10.3. The molecule has 1 unspecified atom stereocenters. The van der Waals surface area contributed by atoms with Gasteiger partial charge in [0.15, 0.2) is 0 Å². The fourth-order valence-corrected chi connectivity index (χ4v) is 2.01. The van der Waals surface area contributed by atoms with E-state index in [-0.39, 0.29) is 5.12 Å². The summed E-state index contributed by atoms with van der Waals surface area (Å²) in [4.78, 5) is 12.4. The van der Waals surface area contributed by atoms with Gasteiger partial charge in [-0.2, -0.15) is 0 Å². The number of nitrogens with zero attached hydrogens (tertiary/aromatic N) is 1. The molecule has 1 aliphatic rings. The Kier molecular flexibility index (Phi) is 1.64. The van der Waals surface area contributed by atoms with Crippen LogP contribution in [-0.2, 0) is 15.6 Å². The Morgan fingerprint density at radius 2 is 1.90 bits per heavy atom. The molecule has 0 aromatic carbocycles. The monoisotopic (exact) mass is 159 g/mol. The van der Waals surface area contributed by atoms with Crippen molar-refractivity contribution in [2.75, 3.05) is 14.1 Å². The smallest absolute Gasteiger partial charge is 0.253 e. The summed E-state index contributed by atoms with van der Waals surface area (Å²) in [6, 6.07) is 0. The van der Waals surface area contributed by atoms with Gasteiger partial charge in [-0.1, -0.05) is 0 Å². The van der Waals surface area contributed by atoms with E-state index in [1.165, 1.54) is 0 Å². The average Bonchev–Trinajstić information content (AvgIpc) is 1.87. The topological polar surface area (TPSA) is 37.4 Å². The van der Waals surface area contributed by atoms with Crippen molar-refractivity contribution < 1.29 is 9.00 Å². The molecule has 0 radical (unpaired) electrons. The first-order chi connectivity index (χ1) is 4.55.